The minimum atomic E-state index is 0.524. The summed E-state index contributed by atoms with van der Waals surface area (Å²) < 4.78 is 0. The van der Waals surface area contributed by atoms with Crippen LogP contribution in [-0.2, 0) is 0 Å². The van der Waals surface area contributed by atoms with Crippen LogP contribution >= 0.6 is 0 Å². The molecule has 0 nitrogen and oxygen atoms in total. The lowest BCUT2D eigenvalue weighted by Crippen LogP contribution is -2.03. The van der Waals surface area contributed by atoms with Gasteiger partial charge in [-0.3, -0.25) is 0 Å². The fraction of sp³-hybridized carbons (Fsp3) is 0.818. The van der Waals surface area contributed by atoms with Crippen molar-refractivity contribution >= 4 is 0 Å². The molecule has 0 fully saturated rings. The molecular weight excluding hydrogens is 132 g/mol. The smallest absolute Gasteiger partial charge is 0.0351 e. The number of hydrogen-bond acceptors (Lipinski definition) is 0. The summed E-state index contributed by atoms with van der Waals surface area (Å²) in [6, 6.07) is 0. The summed E-state index contributed by atoms with van der Waals surface area (Å²) in [5.41, 5.74) is 0.524. The molecule has 0 aromatic rings. The van der Waals surface area contributed by atoms with E-state index in [1.807, 2.05) is 0 Å². The van der Waals surface area contributed by atoms with Gasteiger partial charge in [0.2, 0.25) is 0 Å². The first kappa shape index (κ1) is 10.7. The molecule has 11 heavy (non-hydrogen) atoms. The Morgan fingerprint density at radius 2 is 1.73 bits per heavy atom. The molecule has 0 unspecified atom stereocenters. The van der Waals surface area contributed by atoms with E-state index < -0.39 is 0 Å². The lowest BCUT2D eigenvalue weighted by atomic mass is 9.89. The Hall–Kier alpha value is -0.260. The van der Waals surface area contributed by atoms with E-state index in [9.17, 15) is 0 Å². The molecule has 0 N–H and O–H groups in total. The summed E-state index contributed by atoms with van der Waals surface area (Å²) in [7, 11) is 0. The van der Waals surface area contributed by atoms with E-state index in [0.29, 0.717) is 5.41 Å². The molecule has 0 heteroatoms. The Morgan fingerprint density at radius 1 is 1.09 bits per heavy atom. The Morgan fingerprint density at radius 3 is 2.18 bits per heavy atom. The first-order chi connectivity index (χ1) is 5.06. The van der Waals surface area contributed by atoms with Crippen LogP contribution < -0.4 is 0 Å². The topological polar surface area (TPSA) is 0 Å². The first-order valence-electron chi connectivity index (χ1n) is 4.67. The fourth-order valence-corrected chi connectivity index (χ4v) is 1.08. The highest BCUT2D eigenvalue weighted by molar-refractivity contribution is 4.76. The highest BCUT2D eigenvalue weighted by Crippen LogP contribution is 2.21. The molecule has 0 aliphatic carbocycles. The van der Waals surface area contributed by atoms with E-state index in [1.54, 1.807) is 0 Å². The molecule has 0 aliphatic heterocycles. The predicted molar refractivity (Wildman–Crippen MR) is 52.7 cm³/mol. The van der Waals surface area contributed by atoms with Crippen LogP contribution in [0.1, 0.15) is 53.4 Å². The van der Waals surface area contributed by atoms with Gasteiger partial charge in [-0.1, -0.05) is 39.3 Å². The number of rotatable bonds is 4. The average Bonchev–Trinajstić information content (AvgIpc) is 1.85. The number of unbranched alkanes of at least 4 members (excludes halogenated alkanes) is 2. The maximum atomic E-state index is 2.31. The van der Waals surface area contributed by atoms with E-state index >= 15 is 0 Å². The molecular formula is C11H22. The quantitative estimate of drug-likeness (QED) is 0.421. The van der Waals surface area contributed by atoms with Crippen LogP contribution in [0.4, 0.5) is 0 Å². The fourth-order valence-electron chi connectivity index (χ4n) is 1.08. The van der Waals surface area contributed by atoms with Gasteiger partial charge in [0.05, 0.1) is 0 Å². The second-order valence-corrected chi connectivity index (χ2v) is 4.38. The number of hydrogen-bond donors (Lipinski definition) is 0. The van der Waals surface area contributed by atoms with E-state index in [-0.39, 0.29) is 0 Å². The van der Waals surface area contributed by atoms with E-state index in [0.717, 1.165) is 0 Å². The van der Waals surface area contributed by atoms with Crippen molar-refractivity contribution in [3.63, 3.8) is 0 Å². The molecule has 0 aromatic carbocycles. The maximum absolute atomic E-state index is 2.31. The molecule has 0 atom stereocenters. The van der Waals surface area contributed by atoms with Crippen molar-refractivity contribution in [1.82, 2.24) is 0 Å². The normalized spacial score (nSPS) is 12.7. The van der Waals surface area contributed by atoms with E-state index in [1.165, 1.54) is 25.7 Å². The Bertz CT molecular complexity index is 104. The summed E-state index contributed by atoms with van der Waals surface area (Å²) in [5.74, 6) is 0. The van der Waals surface area contributed by atoms with Gasteiger partial charge in [-0.15, -0.1) is 0 Å². The van der Waals surface area contributed by atoms with Gasteiger partial charge >= 0.3 is 0 Å². The van der Waals surface area contributed by atoms with Gasteiger partial charge in [-0.05, 0) is 31.6 Å². The van der Waals surface area contributed by atoms with E-state index in [2.05, 4.69) is 39.8 Å². The minimum absolute atomic E-state index is 0.524. The summed E-state index contributed by atoms with van der Waals surface area (Å²) in [4.78, 5) is 0. The largest absolute Gasteiger partial charge is 0.0917 e. The predicted octanol–water partition coefficient (Wildman–Crippen LogP) is 4.17. The van der Waals surface area contributed by atoms with Crippen molar-refractivity contribution < 1.29 is 0 Å². The van der Waals surface area contributed by atoms with Crippen molar-refractivity contribution in [2.45, 2.75) is 53.4 Å². The van der Waals surface area contributed by atoms with E-state index in [4.69, 9.17) is 0 Å². The Balaban J connectivity index is 3.15. The third-order valence-corrected chi connectivity index (χ3v) is 1.78. The van der Waals surface area contributed by atoms with Crippen molar-refractivity contribution in [1.29, 1.82) is 0 Å². The zero-order valence-corrected chi connectivity index (χ0v) is 8.48. The Labute approximate surface area is 71.7 Å². The zero-order chi connectivity index (χ0) is 8.74. The van der Waals surface area contributed by atoms with Gasteiger partial charge in [-0.25, -0.2) is 0 Å². The van der Waals surface area contributed by atoms with Crippen molar-refractivity contribution in [3.05, 3.63) is 12.2 Å². The molecule has 0 saturated carbocycles. The molecule has 0 aromatic heterocycles. The van der Waals surface area contributed by atoms with Crippen LogP contribution in [0.5, 0.6) is 0 Å². The lowest BCUT2D eigenvalue weighted by molar-refractivity contribution is 0.361. The van der Waals surface area contributed by atoms with Crippen LogP contribution in [0.25, 0.3) is 0 Å². The van der Waals surface area contributed by atoms with Gasteiger partial charge in [0.1, 0.15) is 0 Å². The second-order valence-electron chi connectivity index (χ2n) is 4.38. The number of allylic oxidation sites excluding steroid dienone is 2. The molecule has 0 spiro atoms. The van der Waals surface area contributed by atoms with Crippen LogP contribution in [0.15, 0.2) is 12.2 Å². The van der Waals surface area contributed by atoms with Gasteiger partial charge < -0.3 is 0 Å². The van der Waals surface area contributed by atoms with Crippen LogP contribution in [0, 0.1) is 5.41 Å². The maximum Gasteiger partial charge on any atom is -0.0351 e. The second kappa shape index (κ2) is 5.40. The van der Waals surface area contributed by atoms with Crippen molar-refractivity contribution in [2.75, 3.05) is 0 Å². The van der Waals surface area contributed by atoms with Gasteiger partial charge in [0.25, 0.3) is 0 Å². The molecule has 66 valence electrons. The summed E-state index contributed by atoms with van der Waals surface area (Å²) in [6.07, 6.45) is 9.71. The third kappa shape index (κ3) is 9.74. The SMILES string of the molecule is C/C=C/CCCCC(C)(C)C. The molecule has 0 heterocycles. The average molecular weight is 154 g/mol. The molecule has 0 rings (SSSR count). The van der Waals surface area contributed by atoms with Crippen molar-refractivity contribution in [3.8, 4) is 0 Å². The molecule has 0 saturated heterocycles. The molecule has 0 aliphatic rings. The minimum Gasteiger partial charge on any atom is -0.0917 e. The summed E-state index contributed by atoms with van der Waals surface area (Å²) in [5, 5.41) is 0. The zero-order valence-electron chi connectivity index (χ0n) is 8.48. The molecule has 0 bridgehead atoms. The monoisotopic (exact) mass is 154 g/mol. The third-order valence-electron chi connectivity index (χ3n) is 1.78. The standard InChI is InChI=1S/C11H22/c1-5-6-7-8-9-10-11(2,3)4/h5-6H,7-10H2,1-4H3/b6-5+. The summed E-state index contributed by atoms with van der Waals surface area (Å²) >= 11 is 0. The van der Waals surface area contributed by atoms with Crippen molar-refractivity contribution in [2.24, 2.45) is 5.41 Å². The van der Waals surface area contributed by atoms with Gasteiger partial charge in [0.15, 0.2) is 0 Å². The highest BCUT2D eigenvalue weighted by Gasteiger charge is 2.07. The van der Waals surface area contributed by atoms with Crippen LogP contribution in [0.2, 0.25) is 0 Å². The summed E-state index contributed by atoms with van der Waals surface area (Å²) in [6.45, 7) is 9.01. The molecule has 0 radical (unpaired) electrons. The molecule has 0 amide bonds. The van der Waals surface area contributed by atoms with Gasteiger partial charge in [0, 0.05) is 0 Å². The Kier molecular flexibility index (Phi) is 5.27. The lowest BCUT2D eigenvalue weighted by Gasteiger charge is -2.16. The van der Waals surface area contributed by atoms with Crippen LogP contribution in [0.3, 0.4) is 0 Å². The first-order valence-corrected chi connectivity index (χ1v) is 4.67. The highest BCUT2D eigenvalue weighted by atomic mass is 14.1. The van der Waals surface area contributed by atoms with Crippen LogP contribution in [-0.4, -0.2) is 0 Å². The van der Waals surface area contributed by atoms with Gasteiger partial charge in [-0.2, -0.15) is 0 Å².